The molecule has 1 atom stereocenters. The number of hydrogen-bond acceptors (Lipinski definition) is 3. The lowest BCUT2D eigenvalue weighted by atomic mass is 9.99. The van der Waals surface area contributed by atoms with Gasteiger partial charge < -0.3 is 10.6 Å². The molecule has 0 saturated carbocycles. The Morgan fingerprint density at radius 1 is 0.958 bits per heavy atom. The number of amides is 1. The topological polar surface area (TPSA) is 54.0 Å². The average Bonchev–Trinajstić information content (AvgIpc) is 3.02. The second kappa shape index (κ2) is 6.16. The quantitative estimate of drug-likeness (QED) is 0.774. The van der Waals surface area contributed by atoms with E-state index < -0.39 is 0 Å². The van der Waals surface area contributed by atoms with Gasteiger partial charge in [0.15, 0.2) is 0 Å². The van der Waals surface area contributed by atoms with Gasteiger partial charge in [0.25, 0.3) is 5.91 Å². The fourth-order valence-corrected chi connectivity index (χ4v) is 3.03. The summed E-state index contributed by atoms with van der Waals surface area (Å²) in [6.07, 6.45) is 3.59. The Kier molecular flexibility index (Phi) is 3.71. The van der Waals surface area contributed by atoms with E-state index in [9.17, 15) is 4.79 Å². The van der Waals surface area contributed by atoms with Crippen LogP contribution in [0.25, 0.3) is 0 Å². The van der Waals surface area contributed by atoms with Gasteiger partial charge in [-0.15, -0.1) is 0 Å². The Bertz CT molecular complexity index is 823. The van der Waals surface area contributed by atoms with E-state index >= 15 is 0 Å². The molecule has 0 aliphatic carbocycles. The van der Waals surface area contributed by atoms with Crippen LogP contribution in [0.4, 0.5) is 5.69 Å². The highest BCUT2D eigenvalue weighted by molar-refractivity contribution is 5.99. The third kappa shape index (κ3) is 2.74. The zero-order valence-corrected chi connectivity index (χ0v) is 13.1. The normalized spacial score (nSPS) is 13.9. The van der Waals surface area contributed by atoms with Gasteiger partial charge in [0.1, 0.15) is 0 Å². The van der Waals surface area contributed by atoms with Crippen LogP contribution in [0, 0.1) is 0 Å². The molecule has 3 aromatic rings. The molecule has 2 aromatic carbocycles. The first-order valence-electron chi connectivity index (χ1n) is 7.94. The molecule has 0 unspecified atom stereocenters. The molecule has 24 heavy (non-hydrogen) atoms. The van der Waals surface area contributed by atoms with Crippen LogP contribution in [0.1, 0.15) is 33.1 Å². The first-order valence-corrected chi connectivity index (χ1v) is 7.94. The van der Waals surface area contributed by atoms with E-state index in [1.165, 1.54) is 0 Å². The van der Waals surface area contributed by atoms with Crippen LogP contribution in [0.3, 0.4) is 0 Å². The minimum absolute atomic E-state index is 0.00304. The van der Waals surface area contributed by atoms with E-state index in [0.29, 0.717) is 6.54 Å². The van der Waals surface area contributed by atoms with Gasteiger partial charge in [0.2, 0.25) is 0 Å². The Hall–Kier alpha value is -3.14. The highest BCUT2D eigenvalue weighted by Crippen LogP contribution is 2.28. The first kappa shape index (κ1) is 14.5. The molecule has 4 rings (SSSR count). The minimum Gasteiger partial charge on any atom is -0.374 e. The lowest BCUT2D eigenvalue weighted by molar-refractivity contribution is 0.0966. The molecule has 0 bridgehead atoms. The fourth-order valence-electron chi connectivity index (χ4n) is 3.03. The highest BCUT2D eigenvalue weighted by atomic mass is 16.1. The first-order chi connectivity index (χ1) is 11.8. The molecule has 0 fully saturated rings. The maximum absolute atomic E-state index is 11.9. The summed E-state index contributed by atoms with van der Waals surface area (Å²) in [5.41, 5.74) is 5.01. The van der Waals surface area contributed by atoms with E-state index in [-0.39, 0.29) is 11.9 Å². The maximum atomic E-state index is 11.9. The third-order valence-electron chi connectivity index (χ3n) is 4.28. The van der Waals surface area contributed by atoms with Gasteiger partial charge in [-0.05, 0) is 41.0 Å². The zero-order valence-electron chi connectivity index (χ0n) is 13.1. The number of carbonyl (C=O) groups is 1. The summed E-state index contributed by atoms with van der Waals surface area (Å²) in [5, 5.41) is 6.41. The van der Waals surface area contributed by atoms with Gasteiger partial charge in [-0.25, -0.2) is 0 Å². The summed E-state index contributed by atoms with van der Waals surface area (Å²) in [4.78, 5) is 16.0. The average molecular weight is 315 g/mol. The molecule has 1 amide bonds. The largest absolute Gasteiger partial charge is 0.374 e. The molecule has 2 N–H and O–H groups in total. The van der Waals surface area contributed by atoms with Crippen LogP contribution in [-0.4, -0.2) is 10.9 Å². The standard InChI is InChI=1S/C20H17N3O/c24-20-18-12-17(7-6-16(18)13-22-20)23-19(14-4-2-1-3-5-14)15-8-10-21-11-9-15/h1-12,19,23H,13H2,(H,22,24)/t19-/m0/s1. The summed E-state index contributed by atoms with van der Waals surface area (Å²) in [5.74, 6) is -0.00572. The van der Waals surface area contributed by atoms with Crippen molar-refractivity contribution >= 4 is 11.6 Å². The number of hydrogen-bond donors (Lipinski definition) is 2. The third-order valence-corrected chi connectivity index (χ3v) is 4.28. The minimum atomic E-state index is -0.00572. The molecule has 0 spiro atoms. The van der Waals surface area contributed by atoms with Crippen molar-refractivity contribution in [3.05, 3.63) is 95.3 Å². The second-order valence-corrected chi connectivity index (χ2v) is 5.82. The zero-order chi connectivity index (χ0) is 16.4. The monoisotopic (exact) mass is 315 g/mol. The number of carbonyl (C=O) groups excluding carboxylic acids is 1. The number of anilines is 1. The predicted octanol–water partition coefficient (Wildman–Crippen LogP) is 3.53. The van der Waals surface area contributed by atoms with E-state index in [1.807, 2.05) is 48.5 Å². The van der Waals surface area contributed by atoms with E-state index in [1.54, 1.807) is 12.4 Å². The van der Waals surface area contributed by atoms with Crippen molar-refractivity contribution in [2.24, 2.45) is 0 Å². The molecule has 0 saturated heterocycles. The van der Waals surface area contributed by atoms with Gasteiger partial charge in [-0.2, -0.15) is 0 Å². The summed E-state index contributed by atoms with van der Waals surface area (Å²) < 4.78 is 0. The SMILES string of the molecule is O=C1NCc2ccc(N[C@@H](c3ccccc3)c3ccncc3)cc21. The van der Waals surface area contributed by atoms with Crippen molar-refractivity contribution in [1.82, 2.24) is 10.3 Å². The van der Waals surface area contributed by atoms with E-state index in [2.05, 4.69) is 27.8 Å². The Morgan fingerprint density at radius 3 is 2.50 bits per heavy atom. The van der Waals surface area contributed by atoms with Crippen LogP contribution < -0.4 is 10.6 Å². The number of aromatic nitrogens is 1. The predicted molar refractivity (Wildman–Crippen MR) is 93.8 cm³/mol. The van der Waals surface area contributed by atoms with Gasteiger partial charge in [0.05, 0.1) is 6.04 Å². The van der Waals surface area contributed by atoms with Crippen molar-refractivity contribution in [2.75, 3.05) is 5.32 Å². The van der Waals surface area contributed by atoms with Crippen molar-refractivity contribution < 1.29 is 4.79 Å². The van der Waals surface area contributed by atoms with Crippen molar-refractivity contribution in [2.45, 2.75) is 12.6 Å². The molecule has 4 heteroatoms. The molecule has 0 radical (unpaired) electrons. The number of fused-ring (bicyclic) bond motifs is 1. The van der Waals surface area contributed by atoms with Crippen LogP contribution in [0.2, 0.25) is 0 Å². The Labute approximate surface area is 140 Å². The summed E-state index contributed by atoms with van der Waals surface area (Å²) >= 11 is 0. The summed E-state index contributed by atoms with van der Waals surface area (Å²) in [6, 6.07) is 20.2. The van der Waals surface area contributed by atoms with Crippen molar-refractivity contribution in [1.29, 1.82) is 0 Å². The van der Waals surface area contributed by atoms with Crippen molar-refractivity contribution in [3.8, 4) is 0 Å². The second-order valence-electron chi connectivity index (χ2n) is 5.82. The molecule has 2 heterocycles. The van der Waals surface area contributed by atoms with Gasteiger partial charge in [-0.3, -0.25) is 9.78 Å². The van der Waals surface area contributed by atoms with Crippen LogP contribution in [-0.2, 0) is 6.54 Å². The molecule has 118 valence electrons. The smallest absolute Gasteiger partial charge is 0.251 e. The highest BCUT2D eigenvalue weighted by Gasteiger charge is 2.20. The van der Waals surface area contributed by atoms with Gasteiger partial charge in [-0.1, -0.05) is 36.4 Å². The number of benzene rings is 2. The molecule has 1 aliphatic rings. The van der Waals surface area contributed by atoms with E-state index in [0.717, 1.165) is 27.9 Å². The van der Waals surface area contributed by atoms with Crippen molar-refractivity contribution in [3.63, 3.8) is 0 Å². The molecular weight excluding hydrogens is 298 g/mol. The van der Waals surface area contributed by atoms with Gasteiger partial charge >= 0.3 is 0 Å². The van der Waals surface area contributed by atoms with Crippen LogP contribution in [0.5, 0.6) is 0 Å². The molecule has 1 aliphatic heterocycles. The fraction of sp³-hybridized carbons (Fsp3) is 0.100. The number of nitrogens with one attached hydrogen (secondary N) is 2. The Morgan fingerprint density at radius 2 is 1.71 bits per heavy atom. The Balaban J connectivity index is 1.70. The number of nitrogens with zero attached hydrogens (tertiary/aromatic N) is 1. The summed E-state index contributed by atoms with van der Waals surface area (Å²) in [6.45, 7) is 0.612. The van der Waals surface area contributed by atoms with Crippen LogP contribution >= 0.6 is 0 Å². The van der Waals surface area contributed by atoms with Crippen LogP contribution in [0.15, 0.2) is 73.1 Å². The molecule has 4 nitrogen and oxygen atoms in total. The molecule has 1 aromatic heterocycles. The number of pyridine rings is 1. The van der Waals surface area contributed by atoms with Gasteiger partial charge in [0, 0.05) is 30.2 Å². The number of rotatable bonds is 4. The summed E-state index contributed by atoms with van der Waals surface area (Å²) in [7, 11) is 0. The maximum Gasteiger partial charge on any atom is 0.251 e. The lowest BCUT2D eigenvalue weighted by Crippen LogP contribution is -2.14. The lowest BCUT2D eigenvalue weighted by Gasteiger charge is -2.21. The molecular formula is C20H17N3O. The van der Waals surface area contributed by atoms with E-state index in [4.69, 9.17) is 0 Å².